The van der Waals surface area contributed by atoms with Gasteiger partial charge in [0.25, 0.3) is 0 Å². The topological polar surface area (TPSA) is 70.1 Å². The first-order chi connectivity index (χ1) is 10.1. The third-order valence-corrected chi connectivity index (χ3v) is 4.04. The molecule has 0 saturated carbocycles. The molecule has 3 rings (SSSR count). The van der Waals surface area contributed by atoms with E-state index in [0.29, 0.717) is 36.1 Å². The molecule has 21 heavy (non-hydrogen) atoms. The Hall–Kier alpha value is -2.30. The van der Waals surface area contributed by atoms with Crippen LogP contribution in [0.4, 0.5) is 5.69 Å². The van der Waals surface area contributed by atoms with E-state index in [1.807, 2.05) is 19.1 Å². The minimum absolute atomic E-state index is 0.297. The third kappa shape index (κ3) is 2.28. The van der Waals surface area contributed by atoms with Crippen LogP contribution in [-0.4, -0.2) is 22.4 Å². The molecule has 1 aliphatic carbocycles. The fourth-order valence-electron chi connectivity index (χ4n) is 2.80. The summed E-state index contributed by atoms with van der Waals surface area (Å²) in [7, 11) is 0. The molecule has 1 aliphatic rings. The van der Waals surface area contributed by atoms with E-state index in [2.05, 4.69) is 17.2 Å². The number of nitrogens with two attached hydrogens (primary N) is 1. The third-order valence-electron chi connectivity index (χ3n) is 4.04. The Kier molecular flexibility index (Phi) is 3.41. The first kappa shape index (κ1) is 13.7. The van der Waals surface area contributed by atoms with Crippen molar-refractivity contribution in [3.63, 3.8) is 0 Å². The van der Waals surface area contributed by atoms with Gasteiger partial charge in [0.15, 0.2) is 5.69 Å². The summed E-state index contributed by atoms with van der Waals surface area (Å²) >= 11 is 0. The Labute approximate surface area is 123 Å². The minimum Gasteiger partial charge on any atom is -0.460 e. The first-order valence-corrected chi connectivity index (χ1v) is 7.19. The number of nitrogens with zero attached hydrogens (tertiary/aromatic N) is 2. The molecule has 0 spiro atoms. The first-order valence-electron chi connectivity index (χ1n) is 7.19. The molecule has 0 bridgehead atoms. The van der Waals surface area contributed by atoms with E-state index in [-0.39, 0.29) is 5.97 Å². The Morgan fingerprint density at radius 2 is 2.24 bits per heavy atom. The smallest absolute Gasteiger partial charge is 0.358 e. The van der Waals surface area contributed by atoms with E-state index in [1.165, 1.54) is 11.1 Å². The number of aromatic nitrogens is 2. The van der Waals surface area contributed by atoms with E-state index in [1.54, 1.807) is 11.6 Å². The molecule has 2 N–H and O–H groups in total. The SMILES string of the molecule is CCn1nc(C)c(N)c1C(=O)OCC1Cc2ccccc21. The van der Waals surface area contributed by atoms with Crippen molar-refractivity contribution < 1.29 is 9.53 Å². The number of rotatable bonds is 4. The maximum absolute atomic E-state index is 12.3. The zero-order chi connectivity index (χ0) is 15.0. The second kappa shape index (κ2) is 5.24. The van der Waals surface area contributed by atoms with Gasteiger partial charge in [-0.1, -0.05) is 24.3 Å². The molecule has 1 atom stereocenters. The Balaban J connectivity index is 1.69. The highest BCUT2D eigenvalue weighted by Crippen LogP contribution is 2.35. The summed E-state index contributed by atoms with van der Waals surface area (Å²) in [6, 6.07) is 8.25. The number of anilines is 1. The van der Waals surface area contributed by atoms with Gasteiger partial charge in [0, 0.05) is 12.5 Å². The number of aryl methyl sites for hydroxylation is 2. The van der Waals surface area contributed by atoms with Gasteiger partial charge in [0.2, 0.25) is 0 Å². The van der Waals surface area contributed by atoms with Gasteiger partial charge in [-0.05, 0) is 31.4 Å². The molecule has 5 nitrogen and oxygen atoms in total. The van der Waals surface area contributed by atoms with Crippen molar-refractivity contribution in [2.75, 3.05) is 12.3 Å². The zero-order valence-corrected chi connectivity index (χ0v) is 12.3. The average molecular weight is 285 g/mol. The summed E-state index contributed by atoms with van der Waals surface area (Å²) in [5.74, 6) is -0.0928. The lowest BCUT2D eigenvalue weighted by molar-refractivity contribution is 0.0456. The second-order valence-corrected chi connectivity index (χ2v) is 5.36. The minimum atomic E-state index is -0.390. The van der Waals surface area contributed by atoms with Crippen molar-refractivity contribution in [3.8, 4) is 0 Å². The molecule has 1 unspecified atom stereocenters. The number of carbonyl (C=O) groups is 1. The van der Waals surface area contributed by atoms with E-state index >= 15 is 0 Å². The summed E-state index contributed by atoms with van der Waals surface area (Å²) in [5.41, 5.74) is 9.98. The molecule has 0 aliphatic heterocycles. The number of hydrogen-bond donors (Lipinski definition) is 1. The largest absolute Gasteiger partial charge is 0.460 e. The lowest BCUT2D eigenvalue weighted by Crippen LogP contribution is -2.24. The standard InChI is InChI=1S/C16H19N3O2/c1-3-19-15(14(17)10(2)18-19)16(20)21-9-12-8-11-6-4-5-7-13(11)12/h4-7,12H,3,8-9,17H2,1-2H3. The van der Waals surface area contributed by atoms with Crippen LogP contribution < -0.4 is 5.73 Å². The van der Waals surface area contributed by atoms with Crippen LogP contribution in [0.15, 0.2) is 24.3 Å². The van der Waals surface area contributed by atoms with Gasteiger partial charge < -0.3 is 10.5 Å². The number of hydrogen-bond acceptors (Lipinski definition) is 4. The Bertz CT molecular complexity index is 691. The summed E-state index contributed by atoms with van der Waals surface area (Å²) < 4.78 is 7.04. The highest BCUT2D eigenvalue weighted by Gasteiger charge is 2.28. The van der Waals surface area contributed by atoms with E-state index in [9.17, 15) is 4.79 Å². The molecular weight excluding hydrogens is 266 g/mol. The number of nitrogen functional groups attached to an aromatic ring is 1. The van der Waals surface area contributed by atoms with Crippen molar-refractivity contribution in [1.82, 2.24) is 9.78 Å². The summed E-state index contributed by atoms with van der Waals surface area (Å²) in [6.07, 6.45) is 0.963. The van der Waals surface area contributed by atoms with Crippen molar-refractivity contribution in [1.29, 1.82) is 0 Å². The van der Waals surface area contributed by atoms with Crippen molar-refractivity contribution >= 4 is 11.7 Å². The summed E-state index contributed by atoms with van der Waals surface area (Å²) in [6.45, 7) is 4.70. The Morgan fingerprint density at radius 1 is 1.48 bits per heavy atom. The highest BCUT2D eigenvalue weighted by atomic mass is 16.5. The lowest BCUT2D eigenvalue weighted by Gasteiger charge is -2.29. The van der Waals surface area contributed by atoms with Crippen molar-refractivity contribution in [2.45, 2.75) is 32.7 Å². The normalized spacial score (nSPS) is 16.2. The monoisotopic (exact) mass is 285 g/mol. The maximum atomic E-state index is 12.3. The van der Waals surface area contributed by atoms with Crippen LogP contribution in [0.3, 0.4) is 0 Å². The highest BCUT2D eigenvalue weighted by molar-refractivity contribution is 5.93. The van der Waals surface area contributed by atoms with Gasteiger partial charge in [0.1, 0.15) is 0 Å². The van der Waals surface area contributed by atoms with Gasteiger partial charge in [0.05, 0.1) is 18.0 Å². The van der Waals surface area contributed by atoms with Gasteiger partial charge in [-0.25, -0.2) is 4.79 Å². The molecule has 1 heterocycles. The van der Waals surface area contributed by atoms with Gasteiger partial charge >= 0.3 is 5.97 Å². The number of carbonyl (C=O) groups excluding carboxylic acids is 1. The van der Waals surface area contributed by atoms with Crippen molar-refractivity contribution in [3.05, 3.63) is 46.8 Å². The molecule has 2 aromatic rings. The van der Waals surface area contributed by atoms with Crippen LogP contribution >= 0.6 is 0 Å². The summed E-state index contributed by atoms with van der Waals surface area (Å²) in [5, 5.41) is 4.24. The fourth-order valence-corrected chi connectivity index (χ4v) is 2.80. The number of esters is 1. The lowest BCUT2D eigenvalue weighted by atomic mass is 9.78. The summed E-state index contributed by atoms with van der Waals surface area (Å²) in [4.78, 5) is 12.3. The average Bonchev–Trinajstić information content (AvgIpc) is 2.75. The van der Waals surface area contributed by atoms with Gasteiger partial charge in [-0.3, -0.25) is 4.68 Å². The number of fused-ring (bicyclic) bond motifs is 1. The molecule has 110 valence electrons. The number of benzene rings is 1. The molecule has 0 amide bonds. The fraction of sp³-hybridized carbons (Fsp3) is 0.375. The van der Waals surface area contributed by atoms with Crippen LogP contribution in [-0.2, 0) is 17.7 Å². The van der Waals surface area contributed by atoms with Crippen LogP contribution in [0.1, 0.15) is 40.2 Å². The second-order valence-electron chi connectivity index (χ2n) is 5.36. The molecule has 5 heteroatoms. The number of ether oxygens (including phenoxy) is 1. The van der Waals surface area contributed by atoms with Gasteiger partial charge in [-0.15, -0.1) is 0 Å². The van der Waals surface area contributed by atoms with E-state index in [4.69, 9.17) is 10.5 Å². The van der Waals surface area contributed by atoms with Crippen LogP contribution in [0, 0.1) is 6.92 Å². The zero-order valence-electron chi connectivity index (χ0n) is 12.3. The van der Waals surface area contributed by atoms with Crippen LogP contribution in [0.2, 0.25) is 0 Å². The van der Waals surface area contributed by atoms with Crippen LogP contribution in [0.5, 0.6) is 0 Å². The van der Waals surface area contributed by atoms with Gasteiger partial charge in [-0.2, -0.15) is 5.10 Å². The predicted molar refractivity (Wildman–Crippen MR) is 80.2 cm³/mol. The van der Waals surface area contributed by atoms with Crippen molar-refractivity contribution in [2.24, 2.45) is 0 Å². The molecular formula is C16H19N3O2. The molecule has 0 saturated heterocycles. The van der Waals surface area contributed by atoms with E-state index < -0.39 is 0 Å². The molecule has 0 fully saturated rings. The molecule has 0 radical (unpaired) electrons. The maximum Gasteiger partial charge on any atom is 0.358 e. The Morgan fingerprint density at radius 3 is 2.95 bits per heavy atom. The molecule has 1 aromatic heterocycles. The quantitative estimate of drug-likeness (QED) is 0.875. The molecule has 1 aromatic carbocycles. The van der Waals surface area contributed by atoms with E-state index in [0.717, 1.165) is 6.42 Å². The predicted octanol–water partition coefficient (Wildman–Crippen LogP) is 2.29. The van der Waals surface area contributed by atoms with Crippen LogP contribution in [0.25, 0.3) is 0 Å².